The van der Waals surface area contributed by atoms with Crippen molar-refractivity contribution in [3.8, 4) is 0 Å². The Morgan fingerprint density at radius 1 is 1.17 bits per heavy atom. The van der Waals surface area contributed by atoms with Gasteiger partial charge in [-0.3, -0.25) is 14.9 Å². The molecule has 1 fully saturated rings. The first-order valence-electron chi connectivity index (χ1n) is 11.2. The first-order chi connectivity index (χ1) is 14.0. The van der Waals surface area contributed by atoms with Gasteiger partial charge in [0.25, 0.3) is 0 Å². The maximum absolute atomic E-state index is 12.9. The first-order valence-corrected chi connectivity index (χ1v) is 11.2. The number of ketones is 1. The number of aliphatic imine (C=N–C) groups is 1. The number of nitrogens with zero attached hydrogens (tertiary/aromatic N) is 1. The molecule has 0 heterocycles. The Hall–Kier alpha value is -2.17. The molecule has 1 amide bonds. The summed E-state index contributed by atoms with van der Waals surface area (Å²) in [5.74, 6) is 1.06. The predicted molar refractivity (Wildman–Crippen MR) is 119 cm³/mol. The molecule has 0 radical (unpaired) electrons. The number of nitrogens with one attached hydrogen (secondary N) is 1. The second-order valence-corrected chi connectivity index (χ2v) is 8.50. The van der Waals surface area contributed by atoms with Gasteiger partial charge in [0.2, 0.25) is 5.91 Å². The molecule has 0 aliphatic heterocycles. The average molecular weight is 400 g/mol. The smallest absolute Gasteiger partial charge is 0.231 e. The minimum Gasteiger partial charge on any atom is -0.370 e. The molecule has 2 atom stereocenters. The summed E-state index contributed by atoms with van der Waals surface area (Å²) in [7, 11) is 0. The highest BCUT2D eigenvalue weighted by Gasteiger charge is 2.24. The summed E-state index contributed by atoms with van der Waals surface area (Å²) in [6.07, 6.45) is 9.52. The summed E-state index contributed by atoms with van der Waals surface area (Å²) < 4.78 is 0. The van der Waals surface area contributed by atoms with Crippen LogP contribution in [0.2, 0.25) is 0 Å². The molecule has 0 spiro atoms. The van der Waals surface area contributed by atoms with Crippen LogP contribution in [0.15, 0.2) is 35.3 Å². The van der Waals surface area contributed by atoms with Gasteiger partial charge < -0.3 is 5.73 Å². The highest BCUT2D eigenvalue weighted by molar-refractivity contribution is 5.98. The Kier molecular flexibility index (Phi) is 9.89. The zero-order valence-corrected chi connectivity index (χ0v) is 18.0. The fraction of sp³-hybridized carbons (Fsp3) is 0.625. The van der Waals surface area contributed by atoms with Gasteiger partial charge in [-0.2, -0.15) is 0 Å². The molecule has 1 aliphatic rings. The van der Waals surface area contributed by atoms with Crippen molar-refractivity contribution in [2.45, 2.75) is 84.1 Å². The van der Waals surface area contributed by atoms with E-state index in [9.17, 15) is 9.59 Å². The molecular formula is C24H37N3O2. The summed E-state index contributed by atoms with van der Waals surface area (Å²) in [5, 5.41) is 2.66. The van der Waals surface area contributed by atoms with Crippen LogP contribution in [0, 0.1) is 11.8 Å². The predicted octanol–water partition coefficient (Wildman–Crippen LogP) is 4.39. The van der Waals surface area contributed by atoms with Crippen LogP contribution in [0.4, 0.5) is 0 Å². The molecule has 5 heteroatoms. The molecule has 1 aliphatic carbocycles. The van der Waals surface area contributed by atoms with Gasteiger partial charge in [0, 0.05) is 6.42 Å². The van der Waals surface area contributed by atoms with E-state index in [-0.39, 0.29) is 24.1 Å². The fourth-order valence-electron chi connectivity index (χ4n) is 3.92. The van der Waals surface area contributed by atoms with E-state index in [0.29, 0.717) is 18.3 Å². The highest BCUT2D eigenvalue weighted by atomic mass is 16.1. The summed E-state index contributed by atoms with van der Waals surface area (Å²) in [6, 6.07) is 9.07. The van der Waals surface area contributed by atoms with Crippen molar-refractivity contribution in [1.29, 1.82) is 0 Å². The molecule has 0 bridgehead atoms. The van der Waals surface area contributed by atoms with Crippen LogP contribution in [-0.4, -0.2) is 23.7 Å². The van der Waals surface area contributed by atoms with Gasteiger partial charge in [-0.05, 0) is 30.2 Å². The number of hydrogen-bond acceptors (Lipinski definition) is 3. The van der Waals surface area contributed by atoms with Crippen LogP contribution >= 0.6 is 0 Å². The molecule has 29 heavy (non-hydrogen) atoms. The lowest BCUT2D eigenvalue weighted by molar-refractivity contribution is -0.121. The second kappa shape index (κ2) is 12.4. The summed E-state index contributed by atoms with van der Waals surface area (Å²) >= 11 is 0. The average Bonchev–Trinajstić information content (AvgIpc) is 2.72. The molecule has 0 unspecified atom stereocenters. The largest absolute Gasteiger partial charge is 0.370 e. The zero-order chi connectivity index (χ0) is 21.1. The number of benzene rings is 1. The van der Waals surface area contributed by atoms with Crippen LogP contribution in [0.25, 0.3) is 0 Å². The third-order valence-corrected chi connectivity index (χ3v) is 6.00. The minimum atomic E-state index is -0.445. The van der Waals surface area contributed by atoms with Crippen LogP contribution in [-0.2, 0) is 16.0 Å². The Balaban J connectivity index is 1.98. The Morgan fingerprint density at radius 3 is 2.52 bits per heavy atom. The number of nitrogens with two attached hydrogens (primary N) is 1. The van der Waals surface area contributed by atoms with E-state index in [4.69, 9.17) is 5.73 Å². The third-order valence-electron chi connectivity index (χ3n) is 6.00. The van der Waals surface area contributed by atoms with Gasteiger partial charge in [-0.15, -0.1) is 0 Å². The van der Waals surface area contributed by atoms with E-state index < -0.39 is 6.04 Å². The van der Waals surface area contributed by atoms with Crippen molar-refractivity contribution >= 4 is 17.6 Å². The summed E-state index contributed by atoms with van der Waals surface area (Å²) in [5.41, 5.74) is 6.94. The molecule has 1 aromatic carbocycles. The van der Waals surface area contributed by atoms with Gasteiger partial charge in [-0.25, -0.2) is 4.99 Å². The minimum absolute atomic E-state index is 0.0589. The number of rotatable bonds is 10. The van der Waals surface area contributed by atoms with Gasteiger partial charge in [0.1, 0.15) is 6.04 Å². The molecule has 1 aromatic rings. The second-order valence-electron chi connectivity index (χ2n) is 8.50. The number of guanidine groups is 1. The molecule has 160 valence electrons. The number of carbonyl (C=O) groups is 2. The van der Waals surface area contributed by atoms with E-state index in [1.165, 1.54) is 19.3 Å². The Labute approximate surface area is 175 Å². The van der Waals surface area contributed by atoms with E-state index in [1.54, 1.807) is 0 Å². The monoisotopic (exact) mass is 399 g/mol. The molecule has 5 nitrogen and oxygen atoms in total. The molecule has 3 N–H and O–H groups in total. The Bertz CT molecular complexity index is 666. The van der Waals surface area contributed by atoms with E-state index >= 15 is 0 Å². The third kappa shape index (κ3) is 8.80. The van der Waals surface area contributed by atoms with Crippen LogP contribution in [0.5, 0.6) is 0 Å². The molecular weight excluding hydrogens is 362 g/mol. The van der Waals surface area contributed by atoms with Gasteiger partial charge in [0.15, 0.2) is 11.7 Å². The van der Waals surface area contributed by atoms with Crippen molar-refractivity contribution in [3.05, 3.63) is 35.9 Å². The van der Waals surface area contributed by atoms with Crippen LogP contribution < -0.4 is 11.1 Å². The van der Waals surface area contributed by atoms with Crippen molar-refractivity contribution < 1.29 is 9.59 Å². The lowest BCUT2D eigenvalue weighted by Crippen LogP contribution is -2.40. The van der Waals surface area contributed by atoms with Crippen LogP contribution in [0.1, 0.15) is 77.2 Å². The number of Topliss-reactive ketones (excluding diaryl/α,β-unsaturated/α-hetero) is 1. The fourth-order valence-corrected chi connectivity index (χ4v) is 3.92. The lowest BCUT2D eigenvalue weighted by atomic mass is 9.83. The standard InChI is InChI=1S/C24H37N3O2/c1-3-18(2)14-15-22(28)21(16-19-10-6-4-7-11-19)26-24(25)27-23(29)17-20-12-8-5-9-13-20/h5,8-9,12-13,18-19,21H,3-4,6-7,10-11,14-17H2,1-2H3,(H3,25,26,27,29)/t18-,21+/m0/s1. The van der Waals surface area contributed by atoms with Gasteiger partial charge >= 0.3 is 0 Å². The van der Waals surface area contributed by atoms with Crippen molar-refractivity contribution in [2.75, 3.05) is 0 Å². The number of carbonyl (C=O) groups excluding carboxylic acids is 2. The first kappa shape index (κ1) is 23.1. The topological polar surface area (TPSA) is 84.6 Å². The SMILES string of the molecule is CC[C@H](C)CCC(=O)[C@@H](CC1CCCCC1)N=C(N)NC(=O)Cc1ccccc1. The molecule has 0 saturated heterocycles. The van der Waals surface area contributed by atoms with Gasteiger partial charge in [0.05, 0.1) is 6.42 Å². The maximum Gasteiger partial charge on any atom is 0.231 e. The molecule has 1 saturated carbocycles. The van der Waals surface area contributed by atoms with Crippen molar-refractivity contribution in [2.24, 2.45) is 22.6 Å². The summed E-state index contributed by atoms with van der Waals surface area (Å²) in [6.45, 7) is 4.32. The lowest BCUT2D eigenvalue weighted by Gasteiger charge is -2.24. The number of hydrogen-bond donors (Lipinski definition) is 2. The quantitative estimate of drug-likeness (QED) is 0.452. The van der Waals surface area contributed by atoms with Crippen molar-refractivity contribution in [1.82, 2.24) is 5.32 Å². The maximum atomic E-state index is 12.9. The zero-order valence-electron chi connectivity index (χ0n) is 18.0. The van der Waals surface area contributed by atoms with Gasteiger partial charge in [-0.1, -0.05) is 82.7 Å². The normalized spacial score (nSPS) is 17.5. The molecule has 0 aromatic heterocycles. The molecule has 2 rings (SSSR count). The van der Waals surface area contributed by atoms with E-state index in [2.05, 4.69) is 24.2 Å². The van der Waals surface area contributed by atoms with E-state index in [0.717, 1.165) is 37.7 Å². The Morgan fingerprint density at radius 2 is 1.86 bits per heavy atom. The van der Waals surface area contributed by atoms with Crippen molar-refractivity contribution in [3.63, 3.8) is 0 Å². The number of amides is 1. The summed E-state index contributed by atoms with van der Waals surface area (Å²) in [4.78, 5) is 29.6. The van der Waals surface area contributed by atoms with Crippen LogP contribution in [0.3, 0.4) is 0 Å². The van der Waals surface area contributed by atoms with E-state index in [1.807, 2.05) is 30.3 Å². The highest BCUT2D eigenvalue weighted by Crippen LogP contribution is 2.29.